The van der Waals surface area contributed by atoms with E-state index < -0.39 is 11.1 Å². The largest absolute Gasteiger partial charge is 0.462 e. The Balaban J connectivity index is 3.01. The van der Waals surface area contributed by atoms with Gasteiger partial charge >= 0.3 is 5.97 Å². The van der Waals surface area contributed by atoms with Gasteiger partial charge in [0.05, 0.1) is 16.8 Å². The molecule has 1 atom stereocenters. The maximum atomic E-state index is 14.0. The maximum absolute atomic E-state index is 14.0. The van der Waals surface area contributed by atoms with Crippen LogP contribution in [0.15, 0.2) is 17.0 Å². The number of esters is 1. The highest BCUT2D eigenvalue weighted by molar-refractivity contribution is 8.00. The average Bonchev–Trinajstić information content (AvgIpc) is 2.50. The number of ether oxygens (including phenoxy) is 1. The lowest BCUT2D eigenvalue weighted by Gasteiger charge is -2.18. The van der Waals surface area contributed by atoms with Gasteiger partial charge in [-0.25, -0.2) is 4.39 Å². The number of hydrogen-bond acceptors (Lipinski definition) is 4. The third-order valence-electron chi connectivity index (χ3n) is 3.21. The second kappa shape index (κ2) is 10.7. The Labute approximate surface area is 157 Å². The van der Waals surface area contributed by atoms with Crippen LogP contribution in [0.2, 0.25) is 5.02 Å². The molecule has 0 aliphatic rings. The molecule has 0 spiro atoms. The summed E-state index contributed by atoms with van der Waals surface area (Å²) in [4.78, 5) is 24.5. The Morgan fingerprint density at radius 2 is 1.96 bits per heavy atom. The van der Waals surface area contributed by atoms with Gasteiger partial charge in [0.2, 0.25) is 5.91 Å². The third kappa shape index (κ3) is 7.24. The van der Waals surface area contributed by atoms with Crippen LogP contribution >= 0.6 is 23.4 Å². The zero-order valence-corrected chi connectivity index (χ0v) is 16.6. The number of carbonyl (C=O) groups excluding carboxylic acids is 2. The zero-order chi connectivity index (χ0) is 19.0. The summed E-state index contributed by atoms with van der Waals surface area (Å²) in [5, 5.41) is 2.31. The number of anilines is 1. The van der Waals surface area contributed by atoms with Gasteiger partial charge in [-0.1, -0.05) is 31.9 Å². The summed E-state index contributed by atoms with van der Waals surface area (Å²) in [6.45, 7) is 7.42. The predicted octanol–water partition coefficient (Wildman–Crippen LogP) is 5.43. The molecule has 0 aliphatic heterocycles. The summed E-state index contributed by atoms with van der Waals surface area (Å²) in [5.41, 5.74) is 0.0674. The molecule has 0 saturated heterocycles. The second-order valence-corrected chi connectivity index (χ2v) is 7.59. The number of rotatable bonds is 9. The third-order valence-corrected chi connectivity index (χ3v) is 4.94. The minimum Gasteiger partial charge on any atom is -0.462 e. The molecule has 0 aromatic heterocycles. The van der Waals surface area contributed by atoms with Crippen LogP contribution in [0, 0.1) is 5.82 Å². The fraction of sp³-hybridized carbons (Fsp3) is 0.556. The van der Waals surface area contributed by atoms with E-state index in [4.69, 9.17) is 16.3 Å². The summed E-state index contributed by atoms with van der Waals surface area (Å²) in [5.74, 6) is -1.18. The van der Waals surface area contributed by atoms with Crippen LogP contribution in [0.25, 0.3) is 0 Å². The van der Waals surface area contributed by atoms with Gasteiger partial charge in [0.25, 0.3) is 0 Å². The zero-order valence-electron chi connectivity index (χ0n) is 15.0. The molecule has 1 aromatic rings. The predicted molar refractivity (Wildman–Crippen MR) is 101 cm³/mol. The highest BCUT2D eigenvalue weighted by Gasteiger charge is 2.23. The Morgan fingerprint density at radius 3 is 2.52 bits per heavy atom. The lowest BCUT2D eigenvalue weighted by Crippen LogP contribution is -2.23. The van der Waals surface area contributed by atoms with E-state index in [0.717, 1.165) is 12.5 Å². The van der Waals surface area contributed by atoms with Crippen LogP contribution in [0.3, 0.4) is 0 Å². The number of nitrogens with one attached hydrogen (secondary N) is 1. The van der Waals surface area contributed by atoms with Crippen molar-refractivity contribution >= 4 is 40.9 Å². The first-order valence-electron chi connectivity index (χ1n) is 8.44. The van der Waals surface area contributed by atoms with E-state index in [-0.39, 0.29) is 28.7 Å². The Morgan fingerprint density at radius 1 is 1.28 bits per heavy atom. The van der Waals surface area contributed by atoms with Crippen LogP contribution in [0.1, 0.15) is 53.4 Å². The number of halogens is 2. The molecule has 1 aromatic carbocycles. The maximum Gasteiger partial charge on any atom is 0.319 e. The van der Waals surface area contributed by atoms with Gasteiger partial charge in [-0.2, -0.15) is 0 Å². The molecule has 0 heterocycles. The van der Waals surface area contributed by atoms with Crippen molar-refractivity contribution in [2.24, 2.45) is 0 Å². The van der Waals surface area contributed by atoms with E-state index >= 15 is 0 Å². The lowest BCUT2D eigenvalue weighted by molar-refractivity contribution is -0.146. The van der Waals surface area contributed by atoms with Crippen LogP contribution in [0.5, 0.6) is 0 Å². The molecule has 0 aliphatic carbocycles. The fourth-order valence-corrected chi connectivity index (χ4v) is 3.56. The second-order valence-electron chi connectivity index (χ2n) is 5.94. The molecule has 140 valence electrons. The van der Waals surface area contributed by atoms with Crippen molar-refractivity contribution in [3.63, 3.8) is 0 Å². The SMILES string of the molecule is CCCC(=O)Nc1cc(SC(CCC)C(=O)OC(C)C)c(Cl)cc1F. The molecule has 0 radical (unpaired) electrons. The highest BCUT2D eigenvalue weighted by atomic mass is 35.5. The van der Waals surface area contributed by atoms with Crippen LogP contribution < -0.4 is 5.32 Å². The molecule has 1 rings (SSSR count). The molecule has 0 saturated carbocycles. The molecule has 1 unspecified atom stereocenters. The minimum absolute atomic E-state index is 0.0674. The number of amides is 1. The lowest BCUT2D eigenvalue weighted by atomic mass is 10.2. The quantitative estimate of drug-likeness (QED) is 0.452. The summed E-state index contributed by atoms with van der Waals surface area (Å²) >= 11 is 7.36. The molecule has 0 fully saturated rings. The van der Waals surface area contributed by atoms with Gasteiger partial charge in [-0.3, -0.25) is 9.59 Å². The molecule has 0 bridgehead atoms. The molecule has 4 nitrogen and oxygen atoms in total. The smallest absolute Gasteiger partial charge is 0.319 e. The van der Waals surface area contributed by atoms with Gasteiger partial charge < -0.3 is 10.1 Å². The van der Waals surface area contributed by atoms with E-state index in [0.29, 0.717) is 24.2 Å². The van der Waals surface area contributed by atoms with Gasteiger partial charge in [0.1, 0.15) is 11.1 Å². The number of benzene rings is 1. The molecule has 1 amide bonds. The van der Waals surface area contributed by atoms with Crippen molar-refractivity contribution in [2.45, 2.75) is 69.6 Å². The van der Waals surface area contributed by atoms with Crippen molar-refractivity contribution in [3.8, 4) is 0 Å². The van der Waals surface area contributed by atoms with Gasteiger partial charge in [0.15, 0.2) is 0 Å². The van der Waals surface area contributed by atoms with Crippen molar-refractivity contribution in [1.82, 2.24) is 0 Å². The Kier molecular flexibility index (Phi) is 9.28. The van der Waals surface area contributed by atoms with E-state index in [1.807, 2.05) is 13.8 Å². The van der Waals surface area contributed by atoms with Gasteiger partial charge in [-0.15, -0.1) is 11.8 Å². The topological polar surface area (TPSA) is 55.4 Å². The van der Waals surface area contributed by atoms with Crippen molar-refractivity contribution in [2.75, 3.05) is 5.32 Å². The highest BCUT2D eigenvalue weighted by Crippen LogP contribution is 2.36. The number of hydrogen-bond donors (Lipinski definition) is 1. The molecule has 1 N–H and O–H groups in total. The molecular weight excluding hydrogens is 365 g/mol. The summed E-state index contributed by atoms with van der Waals surface area (Å²) in [7, 11) is 0. The normalized spacial score (nSPS) is 12.1. The average molecular weight is 390 g/mol. The summed E-state index contributed by atoms with van der Waals surface area (Å²) < 4.78 is 19.3. The number of carbonyl (C=O) groups is 2. The Hall–Kier alpha value is -1.27. The molecular formula is C18H25ClFNO3S. The van der Waals surface area contributed by atoms with Gasteiger partial charge in [0, 0.05) is 11.3 Å². The van der Waals surface area contributed by atoms with Crippen LogP contribution in [-0.2, 0) is 14.3 Å². The molecule has 7 heteroatoms. The summed E-state index contributed by atoms with van der Waals surface area (Å²) in [6.07, 6.45) is 2.18. The number of thioether (sulfide) groups is 1. The standard InChI is InChI=1S/C18H25ClFNO3S/c1-5-7-15(18(23)24-11(3)4)25-16-10-14(13(20)9-12(16)19)21-17(22)8-6-2/h9-11,15H,5-8H2,1-4H3,(H,21,22). The van der Waals surface area contributed by atoms with E-state index in [1.165, 1.54) is 17.8 Å². The summed E-state index contributed by atoms with van der Waals surface area (Å²) in [6, 6.07) is 2.63. The first-order chi connectivity index (χ1) is 11.8. The first kappa shape index (κ1) is 21.8. The van der Waals surface area contributed by atoms with Crippen LogP contribution in [0.4, 0.5) is 10.1 Å². The molecule has 25 heavy (non-hydrogen) atoms. The first-order valence-corrected chi connectivity index (χ1v) is 9.70. The fourth-order valence-electron chi connectivity index (χ4n) is 2.10. The van der Waals surface area contributed by atoms with Crippen molar-refractivity contribution < 1.29 is 18.7 Å². The van der Waals surface area contributed by atoms with Crippen LogP contribution in [-0.4, -0.2) is 23.2 Å². The van der Waals surface area contributed by atoms with E-state index in [2.05, 4.69) is 5.32 Å². The van der Waals surface area contributed by atoms with Crippen molar-refractivity contribution in [3.05, 3.63) is 23.0 Å². The minimum atomic E-state index is -0.601. The van der Waals surface area contributed by atoms with Crippen molar-refractivity contribution in [1.29, 1.82) is 0 Å². The monoisotopic (exact) mass is 389 g/mol. The van der Waals surface area contributed by atoms with E-state index in [9.17, 15) is 14.0 Å². The van der Waals surface area contributed by atoms with Gasteiger partial charge in [-0.05, 0) is 38.8 Å². The Bertz CT molecular complexity index is 610. The van der Waals surface area contributed by atoms with E-state index in [1.54, 1.807) is 13.8 Å².